The molecule has 3 aliphatic carbocycles. The topological polar surface area (TPSA) is 105 Å². The minimum absolute atomic E-state index is 0.00988. The van der Waals surface area contributed by atoms with E-state index < -0.39 is 12.1 Å². The van der Waals surface area contributed by atoms with Gasteiger partial charge in [-0.3, -0.25) is 9.59 Å². The predicted octanol–water partition coefficient (Wildman–Crippen LogP) is 3.92. The van der Waals surface area contributed by atoms with Crippen LogP contribution in [0.4, 0.5) is 4.79 Å². The van der Waals surface area contributed by atoms with Gasteiger partial charge in [0.25, 0.3) is 0 Å². The third-order valence-electron chi connectivity index (χ3n) is 7.57. The Hall–Kier alpha value is -3.35. The number of rotatable bonds is 9. The molecule has 5 rings (SSSR count). The average molecular weight is 463 g/mol. The lowest BCUT2D eigenvalue weighted by Gasteiger charge is -2.33. The van der Waals surface area contributed by atoms with Gasteiger partial charge >= 0.3 is 12.1 Å². The number of carbonyl (C=O) groups excluding carboxylic acids is 2. The van der Waals surface area contributed by atoms with Crippen LogP contribution in [0.5, 0.6) is 0 Å². The molecule has 2 aromatic carbocycles. The van der Waals surface area contributed by atoms with Gasteiger partial charge in [-0.1, -0.05) is 55.0 Å². The van der Waals surface area contributed by atoms with Gasteiger partial charge in [0, 0.05) is 24.9 Å². The molecule has 3 atom stereocenters. The molecular weight excluding hydrogens is 432 g/mol. The first-order chi connectivity index (χ1) is 16.5. The molecule has 178 valence electrons. The maximum Gasteiger partial charge on any atom is 0.407 e. The smallest absolute Gasteiger partial charge is 0.407 e. The van der Waals surface area contributed by atoms with E-state index >= 15 is 0 Å². The standard InChI is InChI=1S/C27H30N2O5/c30-25(28-14-17-12-22(17)26(31)32)13-24(16-6-5-7-16)29-27(33)34-15-23-20-10-3-1-8-18(20)19-9-2-4-11-21(19)23/h1-4,8-11,16-17,22-24H,5-7,12-15H2,(H,28,30)(H,29,33)(H,31,32). The maximum atomic E-state index is 12.7. The Bertz CT molecular complexity index is 1050. The molecule has 0 aromatic heterocycles. The number of aliphatic carboxylic acids is 1. The van der Waals surface area contributed by atoms with Crippen LogP contribution in [0.25, 0.3) is 11.1 Å². The Balaban J connectivity index is 1.16. The average Bonchev–Trinajstić information content (AvgIpc) is 3.51. The first kappa shape index (κ1) is 22.4. The van der Waals surface area contributed by atoms with Crippen LogP contribution in [0.15, 0.2) is 48.5 Å². The van der Waals surface area contributed by atoms with Crippen molar-refractivity contribution in [2.75, 3.05) is 13.2 Å². The van der Waals surface area contributed by atoms with E-state index in [-0.39, 0.29) is 48.6 Å². The lowest BCUT2D eigenvalue weighted by Crippen LogP contribution is -2.46. The van der Waals surface area contributed by atoms with Crippen molar-refractivity contribution in [3.05, 3.63) is 59.7 Å². The van der Waals surface area contributed by atoms with E-state index in [9.17, 15) is 14.4 Å². The fourth-order valence-electron chi connectivity index (χ4n) is 5.26. The summed E-state index contributed by atoms with van der Waals surface area (Å²) in [6, 6.07) is 16.1. The first-order valence-corrected chi connectivity index (χ1v) is 12.1. The Morgan fingerprint density at radius 1 is 1.00 bits per heavy atom. The van der Waals surface area contributed by atoms with Gasteiger partial charge in [0.1, 0.15) is 6.61 Å². The second kappa shape index (κ2) is 9.49. The molecule has 3 N–H and O–H groups in total. The molecule has 2 fully saturated rings. The van der Waals surface area contributed by atoms with Crippen LogP contribution >= 0.6 is 0 Å². The van der Waals surface area contributed by atoms with Crippen LogP contribution < -0.4 is 10.6 Å². The van der Waals surface area contributed by atoms with Crippen molar-refractivity contribution in [1.29, 1.82) is 0 Å². The van der Waals surface area contributed by atoms with Crippen LogP contribution in [0, 0.1) is 17.8 Å². The van der Waals surface area contributed by atoms with Gasteiger partial charge in [0.05, 0.1) is 5.92 Å². The van der Waals surface area contributed by atoms with Crippen molar-refractivity contribution >= 4 is 18.0 Å². The molecule has 0 spiro atoms. The number of carboxylic acids is 1. The highest BCUT2D eigenvalue weighted by Crippen LogP contribution is 2.44. The summed E-state index contributed by atoms with van der Waals surface area (Å²) in [5.41, 5.74) is 4.67. The largest absolute Gasteiger partial charge is 0.481 e. The molecule has 7 nitrogen and oxygen atoms in total. The Morgan fingerprint density at radius 3 is 2.21 bits per heavy atom. The molecule has 2 saturated carbocycles. The highest BCUT2D eigenvalue weighted by atomic mass is 16.5. The monoisotopic (exact) mass is 462 g/mol. The second-order valence-electron chi connectivity index (χ2n) is 9.72. The summed E-state index contributed by atoms with van der Waals surface area (Å²) in [5, 5.41) is 14.8. The predicted molar refractivity (Wildman–Crippen MR) is 126 cm³/mol. The lowest BCUT2D eigenvalue weighted by molar-refractivity contribution is -0.139. The summed E-state index contributed by atoms with van der Waals surface area (Å²) in [6.07, 6.45) is 3.34. The fraction of sp³-hybridized carbons (Fsp3) is 0.444. The van der Waals surface area contributed by atoms with Gasteiger partial charge in [0.15, 0.2) is 0 Å². The number of alkyl carbamates (subject to hydrolysis) is 1. The van der Waals surface area contributed by atoms with Crippen LogP contribution in [0.3, 0.4) is 0 Å². The van der Waals surface area contributed by atoms with Crippen LogP contribution in [-0.2, 0) is 14.3 Å². The Morgan fingerprint density at radius 2 is 1.65 bits per heavy atom. The molecule has 34 heavy (non-hydrogen) atoms. The van der Waals surface area contributed by atoms with E-state index in [1.807, 2.05) is 24.3 Å². The molecule has 3 unspecified atom stereocenters. The van der Waals surface area contributed by atoms with E-state index in [1.54, 1.807) is 0 Å². The minimum atomic E-state index is -0.802. The summed E-state index contributed by atoms with van der Waals surface area (Å²) >= 11 is 0. The zero-order valence-corrected chi connectivity index (χ0v) is 19.0. The number of benzene rings is 2. The summed E-state index contributed by atoms with van der Waals surface area (Å²) in [5.74, 6) is -1.04. The van der Waals surface area contributed by atoms with Gasteiger partial charge in [-0.25, -0.2) is 4.79 Å². The number of hydrogen-bond acceptors (Lipinski definition) is 4. The van der Waals surface area contributed by atoms with Crippen molar-refractivity contribution in [3.8, 4) is 11.1 Å². The summed E-state index contributed by atoms with van der Waals surface area (Å²) < 4.78 is 5.67. The van der Waals surface area contributed by atoms with Crippen molar-refractivity contribution in [2.24, 2.45) is 17.8 Å². The maximum absolute atomic E-state index is 12.7. The highest BCUT2D eigenvalue weighted by molar-refractivity contribution is 5.80. The lowest BCUT2D eigenvalue weighted by atomic mass is 9.78. The van der Waals surface area contributed by atoms with Crippen LogP contribution in [0.2, 0.25) is 0 Å². The number of amides is 2. The molecule has 2 aromatic rings. The number of ether oxygens (including phenoxy) is 1. The third kappa shape index (κ3) is 4.65. The fourth-order valence-corrected chi connectivity index (χ4v) is 5.26. The first-order valence-electron chi connectivity index (χ1n) is 12.1. The Labute approximate surface area is 198 Å². The molecular formula is C27H30N2O5. The third-order valence-corrected chi connectivity index (χ3v) is 7.57. The van der Waals surface area contributed by atoms with E-state index in [1.165, 1.54) is 11.1 Å². The summed E-state index contributed by atoms with van der Waals surface area (Å²) in [7, 11) is 0. The van der Waals surface area contributed by atoms with Gasteiger partial charge in [-0.2, -0.15) is 0 Å². The Kier molecular flexibility index (Phi) is 6.26. The molecule has 0 heterocycles. The zero-order valence-electron chi connectivity index (χ0n) is 19.0. The highest BCUT2D eigenvalue weighted by Gasteiger charge is 2.43. The van der Waals surface area contributed by atoms with Crippen molar-refractivity contribution in [2.45, 2.75) is 44.1 Å². The normalized spacial score (nSPS) is 21.5. The van der Waals surface area contributed by atoms with Crippen molar-refractivity contribution < 1.29 is 24.2 Å². The van der Waals surface area contributed by atoms with Crippen molar-refractivity contribution in [1.82, 2.24) is 10.6 Å². The SMILES string of the molecule is O=C(CC(NC(=O)OCC1c2ccccc2-c2ccccc21)C1CCC1)NCC1CC1C(=O)O. The molecule has 0 bridgehead atoms. The minimum Gasteiger partial charge on any atom is -0.481 e. The van der Waals surface area contributed by atoms with Gasteiger partial charge in [-0.15, -0.1) is 0 Å². The quantitative estimate of drug-likeness (QED) is 0.524. The molecule has 3 aliphatic rings. The van der Waals surface area contributed by atoms with E-state index in [2.05, 4.69) is 34.9 Å². The van der Waals surface area contributed by atoms with E-state index in [0.717, 1.165) is 30.4 Å². The zero-order chi connectivity index (χ0) is 23.7. The number of carboxylic acid groups (broad SMARTS) is 1. The van der Waals surface area contributed by atoms with Gasteiger partial charge < -0.3 is 20.5 Å². The molecule has 7 heteroatoms. The van der Waals surface area contributed by atoms with Crippen molar-refractivity contribution in [3.63, 3.8) is 0 Å². The second-order valence-corrected chi connectivity index (χ2v) is 9.72. The number of hydrogen-bond donors (Lipinski definition) is 3. The number of carbonyl (C=O) groups is 3. The molecule has 0 aliphatic heterocycles. The number of nitrogens with one attached hydrogen (secondary N) is 2. The van der Waals surface area contributed by atoms with E-state index in [4.69, 9.17) is 9.84 Å². The summed E-state index contributed by atoms with van der Waals surface area (Å²) in [6.45, 7) is 0.611. The molecule has 2 amide bonds. The van der Waals surface area contributed by atoms with Gasteiger partial charge in [0.2, 0.25) is 5.91 Å². The molecule has 0 radical (unpaired) electrons. The summed E-state index contributed by atoms with van der Waals surface area (Å²) in [4.78, 5) is 36.2. The van der Waals surface area contributed by atoms with E-state index in [0.29, 0.717) is 13.0 Å². The van der Waals surface area contributed by atoms with Gasteiger partial charge in [-0.05, 0) is 53.4 Å². The van der Waals surface area contributed by atoms with Crippen LogP contribution in [-0.4, -0.2) is 42.3 Å². The van der Waals surface area contributed by atoms with Crippen LogP contribution in [0.1, 0.15) is 49.1 Å². The molecule has 0 saturated heterocycles. The number of fused-ring (bicyclic) bond motifs is 3.